The molecule has 0 fully saturated rings. The Morgan fingerprint density at radius 2 is 1.67 bits per heavy atom. The first-order valence-electron chi connectivity index (χ1n) is 4.38. The Morgan fingerprint density at radius 3 is 2.00 bits per heavy atom. The average molecular weight is 167 g/mol. The Hall–Kier alpha value is -0.850. The fourth-order valence-corrected chi connectivity index (χ4v) is 0.442. The Kier molecular flexibility index (Phi) is 9.43. The minimum atomic E-state index is 0.243. The van der Waals surface area contributed by atoms with Crippen LogP contribution in [0.3, 0.4) is 0 Å². The molecule has 0 atom stereocenters. The molecule has 0 bridgehead atoms. The minimum Gasteiger partial charge on any atom is -0.265 e. The van der Waals surface area contributed by atoms with Gasteiger partial charge in [-0.1, -0.05) is 47.3 Å². The number of hydrogen-bond acceptors (Lipinski definition) is 1. The lowest BCUT2D eigenvalue weighted by Crippen LogP contribution is -1.98. The number of hydrogen-bond donors (Lipinski definition) is 0. The van der Waals surface area contributed by atoms with Crippen molar-refractivity contribution in [3.05, 3.63) is 24.9 Å². The fraction of sp³-hybridized carbons (Fsp3) is 0.545. The molecule has 0 N–H and O–H groups in total. The van der Waals surface area contributed by atoms with Crippen molar-refractivity contribution in [3.63, 3.8) is 0 Å². The van der Waals surface area contributed by atoms with E-state index in [0.717, 1.165) is 0 Å². The molecule has 0 rings (SSSR count). The lowest BCUT2D eigenvalue weighted by Gasteiger charge is -2.09. The molecule has 0 unspecified atom stereocenters. The van der Waals surface area contributed by atoms with E-state index in [2.05, 4.69) is 38.4 Å². The van der Waals surface area contributed by atoms with Crippen molar-refractivity contribution in [1.29, 1.82) is 0 Å². The molecule has 12 heavy (non-hydrogen) atoms. The first-order chi connectivity index (χ1) is 5.56. The zero-order valence-corrected chi connectivity index (χ0v) is 8.96. The maximum Gasteiger partial charge on any atom is 0.0264 e. The second kappa shape index (κ2) is 8.25. The summed E-state index contributed by atoms with van der Waals surface area (Å²) in [5, 5.41) is 0. The van der Waals surface area contributed by atoms with Crippen molar-refractivity contribution in [1.82, 2.24) is 0 Å². The van der Waals surface area contributed by atoms with Gasteiger partial charge in [0, 0.05) is 12.4 Å². The van der Waals surface area contributed by atoms with E-state index in [-0.39, 0.29) is 5.41 Å². The standard InChI is InChI=1S/C9H15N.C2H6/c1-5-10-8-6-7-9(2,3)4;1-2/h5-8H,1H2,2-4H3;1-2H3/b7-6-,10-8?;. The van der Waals surface area contributed by atoms with E-state index in [9.17, 15) is 0 Å². The third-order valence-electron chi connectivity index (χ3n) is 0.874. The summed E-state index contributed by atoms with van der Waals surface area (Å²) in [6.07, 6.45) is 7.28. The third kappa shape index (κ3) is 16.1. The second-order valence-corrected chi connectivity index (χ2v) is 3.21. The monoisotopic (exact) mass is 167 g/mol. The predicted molar refractivity (Wildman–Crippen MR) is 58.6 cm³/mol. The first kappa shape index (κ1) is 13.7. The van der Waals surface area contributed by atoms with E-state index >= 15 is 0 Å². The highest BCUT2D eigenvalue weighted by atomic mass is 14.6. The van der Waals surface area contributed by atoms with Crippen molar-refractivity contribution in [2.45, 2.75) is 34.6 Å². The van der Waals surface area contributed by atoms with Crippen LogP contribution in [0.1, 0.15) is 34.6 Å². The van der Waals surface area contributed by atoms with E-state index in [1.54, 1.807) is 6.21 Å². The molecular formula is C11H21N. The van der Waals surface area contributed by atoms with Gasteiger partial charge in [0.05, 0.1) is 0 Å². The van der Waals surface area contributed by atoms with Crippen molar-refractivity contribution < 1.29 is 0 Å². The molecule has 0 saturated carbocycles. The van der Waals surface area contributed by atoms with Crippen LogP contribution in [0, 0.1) is 5.41 Å². The van der Waals surface area contributed by atoms with Gasteiger partial charge < -0.3 is 0 Å². The molecule has 0 aromatic rings. The fourth-order valence-electron chi connectivity index (χ4n) is 0.442. The summed E-state index contributed by atoms with van der Waals surface area (Å²) in [6.45, 7) is 13.9. The van der Waals surface area contributed by atoms with Crippen LogP contribution in [0.25, 0.3) is 0 Å². The molecule has 0 amide bonds. The zero-order chi connectivity index (χ0) is 10.0. The summed E-state index contributed by atoms with van der Waals surface area (Å²) in [4.78, 5) is 3.83. The van der Waals surface area contributed by atoms with Crippen LogP contribution < -0.4 is 0 Å². The van der Waals surface area contributed by atoms with Crippen molar-refractivity contribution in [3.8, 4) is 0 Å². The minimum absolute atomic E-state index is 0.243. The smallest absolute Gasteiger partial charge is 0.0264 e. The zero-order valence-electron chi connectivity index (χ0n) is 8.96. The molecule has 0 aliphatic carbocycles. The topological polar surface area (TPSA) is 12.4 Å². The van der Waals surface area contributed by atoms with E-state index < -0.39 is 0 Å². The molecule has 0 radical (unpaired) electrons. The largest absolute Gasteiger partial charge is 0.265 e. The van der Waals surface area contributed by atoms with Crippen molar-refractivity contribution in [2.24, 2.45) is 10.4 Å². The normalized spacial score (nSPS) is 11.4. The van der Waals surface area contributed by atoms with Gasteiger partial charge in [0.2, 0.25) is 0 Å². The summed E-state index contributed by atoms with van der Waals surface area (Å²) in [5.41, 5.74) is 0.243. The van der Waals surface area contributed by atoms with Crippen LogP contribution in [0.4, 0.5) is 0 Å². The van der Waals surface area contributed by atoms with E-state index in [0.29, 0.717) is 0 Å². The molecule has 0 aromatic heterocycles. The van der Waals surface area contributed by atoms with Gasteiger partial charge in [0.25, 0.3) is 0 Å². The van der Waals surface area contributed by atoms with E-state index in [4.69, 9.17) is 0 Å². The van der Waals surface area contributed by atoms with Gasteiger partial charge in [-0.05, 0) is 11.5 Å². The molecule has 0 heterocycles. The van der Waals surface area contributed by atoms with Crippen molar-refractivity contribution >= 4 is 6.21 Å². The molecule has 0 aliphatic heterocycles. The molecule has 0 aliphatic rings. The number of nitrogens with zero attached hydrogens (tertiary/aromatic N) is 1. The number of aliphatic imine (C=N–C) groups is 1. The maximum absolute atomic E-state index is 3.83. The second-order valence-electron chi connectivity index (χ2n) is 3.21. The van der Waals surface area contributed by atoms with Crippen LogP contribution in [-0.4, -0.2) is 6.21 Å². The quantitative estimate of drug-likeness (QED) is 0.554. The Labute approximate surface area is 76.9 Å². The van der Waals surface area contributed by atoms with Crippen LogP contribution >= 0.6 is 0 Å². The summed E-state index contributed by atoms with van der Waals surface area (Å²) in [7, 11) is 0. The SMILES string of the molecule is C=CN=C/C=C\C(C)(C)C.CC. The highest BCUT2D eigenvalue weighted by molar-refractivity contribution is 5.71. The highest BCUT2D eigenvalue weighted by Crippen LogP contribution is 2.13. The van der Waals surface area contributed by atoms with Crippen LogP contribution in [0.15, 0.2) is 29.9 Å². The van der Waals surface area contributed by atoms with Gasteiger partial charge >= 0.3 is 0 Å². The summed E-state index contributed by atoms with van der Waals surface area (Å²) in [6, 6.07) is 0. The number of allylic oxidation sites excluding steroid dienone is 2. The summed E-state index contributed by atoms with van der Waals surface area (Å²) >= 11 is 0. The Balaban J connectivity index is 0. The molecule has 0 saturated heterocycles. The maximum atomic E-state index is 3.83. The van der Waals surface area contributed by atoms with Crippen LogP contribution in [0.2, 0.25) is 0 Å². The van der Waals surface area contributed by atoms with E-state index in [1.807, 2.05) is 19.9 Å². The summed E-state index contributed by atoms with van der Waals surface area (Å²) < 4.78 is 0. The highest BCUT2D eigenvalue weighted by Gasteiger charge is 2.01. The van der Waals surface area contributed by atoms with Crippen LogP contribution in [0.5, 0.6) is 0 Å². The van der Waals surface area contributed by atoms with Gasteiger partial charge in [-0.3, -0.25) is 4.99 Å². The lowest BCUT2D eigenvalue weighted by molar-refractivity contribution is 0.545. The van der Waals surface area contributed by atoms with Gasteiger partial charge in [-0.25, -0.2) is 0 Å². The lowest BCUT2D eigenvalue weighted by atomic mass is 9.97. The Bertz CT molecular complexity index is 147. The molecule has 70 valence electrons. The molecule has 0 aromatic carbocycles. The number of rotatable bonds is 2. The molecule has 0 spiro atoms. The van der Waals surface area contributed by atoms with Gasteiger partial charge in [-0.2, -0.15) is 0 Å². The first-order valence-corrected chi connectivity index (χ1v) is 4.38. The molecule has 1 heteroatoms. The van der Waals surface area contributed by atoms with Crippen molar-refractivity contribution in [2.75, 3.05) is 0 Å². The van der Waals surface area contributed by atoms with Gasteiger partial charge in [0.1, 0.15) is 0 Å². The van der Waals surface area contributed by atoms with E-state index in [1.165, 1.54) is 6.20 Å². The molecular weight excluding hydrogens is 146 g/mol. The molecule has 1 nitrogen and oxygen atoms in total. The van der Waals surface area contributed by atoms with Crippen LogP contribution in [-0.2, 0) is 0 Å². The summed E-state index contributed by atoms with van der Waals surface area (Å²) in [5.74, 6) is 0. The van der Waals surface area contributed by atoms with Gasteiger partial charge in [-0.15, -0.1) is 0 Å². The average Bonchev–Trinajstić information content (AvgIpc) is 2.01. The predicted octanol–water partition coefficient (Wildman–Crippen LogP) is 3.83. The van der Waals surface area contributed by atoms with Gasteiger partial charge in [0.15, 0.2) is 0 Å². The third-order valence-corrected chi connectivity index (χ3v) is 0.874. The Morgan fingerprint density at radius 1 is 1.17 bits per heavy atom.